The van der Waals surface area contributed by atoms with Crippen molar-refractivity contribution in [3.05, 3.63) is 59.2 Å². The smallest absolute Gasteiger partial charge is 0.416 e. The maximum atomic E-state index is 12.5. The molecule has 0 aliphatic carbocycles. The SMILES string of the molecule is COc1ccc(CNC(=O)Cc2ccc(C(F)(F)F)cc2)cc1OC(F)F. The highest BCUT2D eigenvalue weighted by molar-refractivity contribution is 5.78. The average molecular weight is 389 g/mol. The summed E-state index contributed by atoms with van der Waals surface area (Å²) in [5.74, 6) is -0.473. The second-order valence-corrected chi connectivity index (χ2v) is 5.51. The van der Waals surface area contributed by atoms with Crippen LogP contribution in [0.25, 0.3) is 0 Å². The summed E-state index contributed by atoms with van der Waals surface area (Å²) in [4.78, 5) is 11.9. The minimum Gasteiger partial charge on any atom is -0.493 e. The normalized spacial score (nSPS) is 11.4. The van der Waals surface area contributed by atoms with Gasteiger partial charge >= 0.3 is 12.8 Å². The fourth-order valence-corrected chi connectivity index (χ4v) is 2.28. The molecule has 0 unspecified atom stereocenters. The molecular weight excluding hydrogens is 373 g/mol. The molecule has 2 aromatic carbocycles. The van der Waals surface area contributed by atoms with Crippen LogP contribution in [0.3, 0.4) is 0 Å². The number of nitrogens with one attached hydrogen (secondary N) is 1. The molecule has 0 heterocycles. The van der Waals surface area contributed by atoms with Gasteiger partial charge in [0, 0.05) is 6.54 Å². The van der Waals surface area contributed by atoms with Gasteiger partial charge in [-0.3, -0.25) is 4.79 Å². The number of rotatable bonds is 7. The van der Waals surface area contributed by atoms with E-state index in [2.05, 4.69) is 10.1 Å². The van der Waals surface area contributed by atoms with E-state index in [0.29, 0.717) is 11.1 Å². The maximum absolute atomic E-state index is 12.5. The van der Waals surface area contributed by atoms with Gasteiger partial charge in [-0.1, -0.05) is 18.2 Å². The minimum absolute atomic E-state index is 0.0308. The highest BCUT2D eigenvalue weighted by Gasteiger charge is 2.29. The lowest BCUT2D eigenvalue weighted by molar-refractivity contribution is -0.137. The summed E-state index contributed by atoms with van der Waals surface area (Å²) in [7, 11) is 1.30. The Morgan fingerprint density at radius 2 is 1.67 bits per heavy atom. The Hall–Kier alpha value is -2.84. The van der Waals surface area contributed by atoms with Crippen LogP contribution in [0.4, 0.5) is 22.0 Å². The van der Waals surface area contributed by atoms with E-state index >= 15 is 0 Å². The largest absolute Gasteiger partial charge is 0.493 e. The lowest BCUT2D eigenvalue weighted by atomic mass is 10.1. The zero-order valence-corrected chi connectivity index (χ0v) is 14.1. The zero-order chi connectivity index (χ0) is 20.0. The fraction of sp³-hybridized carbons (Fsp3) is 0.278. The van der Waals surface area contributed by atoms with Crippen LogP contribution in [-0.4, -0.2) is 19.6 Å². The van der Waals surface area contributed by atoms with Crippen LogP contribution in [0.5, 0.6) is 11.5 Å². The Labute approximate surface area is 151 Å². The molecule has 0 atom stereocenters. The van der Waals surface area contributed by atoms with Gasteiger partial charge in [0.1, 0.15) is 0 Å². The lowest BCUT2D eigenvalue weighted by Crippen LogP contribution is -2.24. The van der Waals surface area contributed by atoms with Gasteiger partial charge in [0.2, 0.25) is 5.91 Å². The van der Waals surface area contributed by atoms with Crippen molar-refractivity contribution in [2.45, 2.75) is 25.8 Å². The third-order valence-electron chi connectivity index (χ3n) is 3.58. The van der Waals surface area contributed by atoms with Crippen molar-refractivity contribution < 1.29 is 36.2 Å². The zero-order valence-electron chi connectivity index (χ0n) is 14.1. The van der Waals surface area contributed by atoms with Gasteiger partial charge in [0.05, 0.1) is 19.1 Å². The Balaban J connectivity index is 1.95. The van der Waals surface area contributed by atoms with E-state index in [9.17, 15) is 26.7 Å². The molecule has 0 saturated heterocycles. The number of ether oxygens (including phenoxy) is 2. The number of hydrogen-bond donors (Lipinski definition) is 1. The molecule has 0 fully saturated rings. The van der Waals surface area contributed by atoms with E-state index in [4.69, 9.17) is 4.74 Å². The second kappa shape index (κ2) is 8.70. The lowest BCUT2D eigenvalue weighted by Gasteiger charge is -2.12. The van der Waals surface area contributed by atoms with Gasteiger partial charge in [0.15, 0.2) is 11.5 Å². The molecule has 0 aliphatic rings. The van der Waals surface area contributed by atoms with Gasteiger partial charge in [0.25, 0.3) is 0 Å². The third-order valence-corrected chi connectivity index (χ3v) is 3.58. The predicted molar refractivity (Wildman–Crippen MR) is 86.6 cm³/mol. The quantitative estimate of drug-likeness (QED) is 0.723. The molecule has 0 aliphatic heterocycles. The molecule has 0 radical (unpaired) electrons. The van der Waals surface area contributed by atoms with E-state index < -0.39 is 24.3 Å². The van der Waals surface area contributed by atoms with Crippen molar-refractivity contribution in [3.63, 3.8) is 0 Å². The number of methoxy groups -OCH3 is 1. The molecule has 2 aromatic rings. The molecule has 0 spiro atoms. The molecule has 0 bridgehead atoms. The van der Waals surface area contributed by atoms with Crippen molar-refractivity contribution in [1.82, 2.24) is 5.32 Å². The average Bonchev–Trinajstić information content (AvgIpc) is 2.59. The van der Waals surface area contributed by atoms with E-state index in [1.807, 2.05) is 0 Å². The van der Waals surface area contributed by atoms with Crippen molar-refractivity contribution in [2.75, 3.05) is 7.11 Å². The van der Waals surface area contributed by atoms with Crippen LogP contribution in [0.1, 0.15) is 16.7 Å². The van der Waals surface area contributed by atoms with Crippen molar-refractivity contribution >= 4 is 5.91 Å². The molecule has 4 nitrogen and oxygen atoms in total. The van der Waals surface area contributed by atoms with Crippen LogP contribution in [0, 0.1) is 0 Å². The fourth-order valence-electron chi connectivity index (χ4n) is 2.28. The summed E-state index contributed by atoms with van der Waals surface area (Å²) in [6.45, 7) is -2.99. The van der Waals surface area contributed by atoms with Gasteiger partial charge in [-0.05, 0) is 35.4 Å². The predicted octanol–water partition coefficient (Wildman–Crippen LogP) is 4.17. The van der Waals surface area contributed by atoms with Gasteiger partial charge in [-0.25, -0.2) is 0 Å². The Bertz CT molecular complexity index is 776. The van der Waals surface area contributed by atoms with Crippen molar-refractivity contribution in [3.8, 4) is 11.5 Å². The summed E-state index contributed by atoms with van der Waals surface area (Å²) < 4.78 is 71.6. The summed E-state index contributed by atoms with van der Waals surface area (Å²) in [6.07, 6.45) is -4.55. The summed E-state index contributed by atoms with van der Waals surface area (Å²) in [6, 6.07) is 8.56. The van der Waals surface area contributed by atoms with Crippen LogP contribution >= 0.6 is 0 Å². The highest BCUT2D eigenvalue weighted by atomic mass is 19.4. The maximum Gasteiger partial charge on any atom is 0.416 e. The third kappa shape index (κ3) is 6.12. The highest BCUT2D eigenvalue weighted by Crippen LogP contribution is 2.30. The molecule has 1 N–H and O–H groups in total. The Kier molecular flexibility index (Phi) is 6.59. The number of amides is 1. The minimum atomic E-state index is -4.44. The second-order valence-electron chi connectivity index (χ2n) is 5.51. The molecule has 27 heavy (non-hydrogen) atoms. The van der Waals surface area contributed by atoms with Gasteiger partial charge < -0.3 is 14.8 Å². The number of hydrogen-bond acceptors (Lipinski definition) is 3. The first-order valence-corrected chi connectivity index (χ1v) is 7.73. The topological polar surface area (TPSA) is 47.6 Å². The first kappa shape index (κ1) is 20.5. The number of benzene rings is 2. The van der Waals surface area contributed by atoms with Crippen LogP contribution < -0.4 is 14.8 Å². The molecular formula is C18H16F5NO3. The van der Waals surface area contributed by atoms with E-state index in [1.165, 1.54) is 31.4 Å². The standard InChI is InChI=1S/C18H16F5NO3/c1-26-14-7-4-12(8-15(14)27-17(19)20)10-24-16(25)9-11-2-5-13(6-3-11)18(21,22)23/h2-8,17H,9-10H2,1H3,(H,24,25). The molecule has 0 aromatic heterocycles. The Morgan fingerprint density at radius 3 is 2.22 bits per heavy atom. The van der Waals surface area contributed by atoms with Crippen LogP contribution in [0.2, 0.25) is 0 Å². The van der Waals surface area contributed by atoms with Crippen molar-refractivity contribution in [1.29, 1.82) is 0 Å². The molecule has 146 valence electrons. The van der Waals surface area contributed by atoms with E-state index in [-0.39, 0.29) is 24.5 Å². The monoisotopic (exact) mass is 389 g/mol. The molecule has 0 saturated carbocycles. The van der Waals surface area contributed by atoms with E-state index in [1.54, 1.807) is 6.07 Å². The van der Waals surface area contributed by atoms with Gasteiger partial charge in [-0.15, -0.1) is 0 Å². The molecule has 2 rings (SSSR count). The number of carbonyl (C=O) groups excluding carboxylic acids is 1. The first-order chi connectivity index (χ1) is 12.7. The first-order valence-electron chi connectivity index (χ1n) is 7.73. The number of carbonyl (C=O) groups is 1. The molecule has 1 amide bonds. The van der Waals surface area contributed by atoms with Crippen LogP contribution in [0.15, 0.2) is 42.5 Å². The van der Waals surface area contributed by atoms with Crippen molar-refractivity contribution in [2.24, 2.45) is 0 Å². The van der Waals surface area contributed by atoms with Gasteiger partial charge in [-0.2, -0.15) is 22.0 Å². The number of halogens is 5. The summed E-state index contributed by atoms with van der Waals surface area (Å²) >= 11 is 0. The van der Waals surface area contributed by atoms with Crippen LogP contribution in [-0.2, 0) is 23.9 Å². The molecule has 9 heteroatoms. The number of alkyl halides is 5. The van der Waals surface area contributed by atoms with E-state index in [0.717, 1.165) is 12.1 Å². The Morgan fingerprint density at radius 1 is 1.04 bits per heavy atom. The summed E-state index contributed by atoms with van der Waals surface area (Å²) in [5, 5.41) is 2.57. The summed E-state index contributed by atoms with van der Waals surface area (Å²) in [5.41, 5.74) is 0.112.